The molecule has 0 saturated heterocycles. The number of anilines is 1. The number of carbonyl (C=O) groups is 1. The van der Waals surface area contributed by atoms with Crippen LogP contribution in [0, 0.1) is 0 Å². The lowest BCUT2D eigenvalue weighted by atomic mass is 10.1. The van der Waals surface area contributed by atoms with Gasteiger partial charge >= 0.3 is 0 Å². The molecule has 1 atom stereocenters. The molecule has 0 heterocycles. The average molecular weight is 216 g/mol. The van der Waals surface area contributed by atoms with Crippen LogP contribution in [0.25, 0.3) is 0 Å². The van der Waals surface area contributed by atoms with Crippen molar-refractivity contribution in [3.8, 4) is 0 Å². The van der Waals surface area contributed by atoms with Crippen molar-refractivity contribution in [2.24, 2.45) is 0 Å². The molecule has 1 aromatic rings. The number of rotatable bonds is 2. The first-order valence-corrected chi connectivity index (χ1v) is 4.79. The van der Waals surface area contributed by atoms with Crippen LogP contribution in [-0.4, -0.2) is 5.78 Å². The number of carbonyl (C=O) groups excluding carboxylic acids is 1. The highest BCUT2D eigenvalue weighted by Crippen LogP contribution is 2.20. The van der Waals surface area contributed by atoms with Gasteiger partial charge in [0, 0.05) is 6.42 Å². The Bertz CT molecular complexity index is 352. The average Bonchev–Trinajstić information content (AvgIpc) is 1.99. The number of ketones is 1. The van der Waals surface area contributed by atoms with Gasteiger partial charge in [0.1, 0.15) is 5.78 Å². The van der Waals surface area contributed by atoms with Crippen LogP contribution in [0.15, 0.2) is 12.1 Å². The van der Waals surface area contributed by atoms with Crippen molar-refractivity contribution < 1.29 is 4.79 Å². The predicted molar refractivity (Wildman–Crippen MR) is 59.6 cm³/mol. The van der Waals surface area contributed by atoms with Crippen LogP contribution in [0.1, 0.15) is 12.5 Å². The zero-order chi connectivity index (χ0) is 10.0. The second-order valence-electron chi connectivity index (χ2n) is 2.95. The van der Waals surface area contributed by atoms with Crippen molar-refractivity contribution >= 4 is 37.6 Å². The van der Waals surface area contributed by atoms with Gasteiger partial charge in [-0.25, -0.2) is 0 Å². The van der Waals surface area contributed by atoms with Gasteiger partial charge in [-0.15, -0.1) is 9.24 Å². The first-order chi connectivity index (χ1) is 6.00. The quantitative estimate of drug-likeness (QED) is 0.601. The molecule has 0 bridgehead atoms. The smallest absolute Gasteiger partial charge is 0.134 e. The molecule has 0 amide bonds. The molecular formula is C9H11ClNOP. The van der Waals surface area contributed by atoms with E-state index < -0.39 is 0 Å². The van der Waals surface area contributed by atoms with E-state index in [1.807, 2.05) is 0 Å². The summed E-state index contributed by atoms with van der Waals surface area (Å²) in [5, 5.41) is 1.43. The Morgan fingerprint density at radius 3 is 2.77 bits per heavy atom. The van der Waals surface area contributed by atoms with Gasteiger partial charge in [-0.05, 0) is 29.9 Å². The Morgan fingerprint density at radius 2 is 2.23 bits per heavy atom. The first kappa shape index (κ1) is 10.5. The second kappa shape index (κ2) is 4.08. The fourth-order valence-electron chi connectivity index (χ4n) is 1.07. The lowest BCUT2D eigenvalue weighted by molar-refractivity contribution is -0.116. The fraction of sp³-hybridized carbons (Fsp3) is 0.222. The normalized spacial score (nSPS) is 10.1. The van der Waals surface area contributed by atoms with E-state index in [2.05, 4.69) is 9.24 Å². The van der Waals surface area contributed by atoms with Gasteiger partial charge in [-0.2, -0.15) is 0 Å². The summed E-state index contributed by atoms with van der Waals surface area (Å²) >= 11 is 5.82. The molecule has 0 saturated carbocycles. The lowest BCUT2D eigenvalue weighted by Gasteiger charge is -2.06. The van der Waals surface area contributed by atoms with Gasteiger partial charge in [-0.1, -0.05) is 11.6 Å². The molecule has 0 spiro atoms. The van der Waals surface area contributed by atoms with E-state index in [-0.39, 0.29) is 5.78 Å². The van der Waals surface area contributed by atoms with Gasteiger partial charge in [0.2, 0.25) is 0 Å². The molecule has 2 nitrogen and oxygen atoms in total. The Hall–Kier alpha value is -0.590. The van der Waals surface area contributed by atoms with Crippen molar-refractivity contribution in [3.05, 3.63) is 22.7 Å². The summed E-state index contributed by atoms with van der Waals surface area (Å²) in [6, 6.07) is 3.49. The van der Waals surface area contributed by atoms with E-state index in [0.29, 0.717) is 17.1 Å². The summed E-state index contributed by atoms with van der Waals surface area (Å²) in [5.74, 6) is 0.115. The highest BCUT2D eigenvalue weighted by atomic mass is 35.5. The van der Waals surface area contributed by atoms with E-state index >= 15 is 0 Å². The molecule has 1 aromatic carbocycles. The molecule has 0 aliphatic rings. The van der Waals surface area contributed by atoms with Crippen LogP contribution in [0.3, 0.4) is 0 Å². The number of benzene rings is 1. The van der Waals surface area contributed by atoms with Crippen molar-refractivity contribution in [2.75, 3.05) is 5.73 Å². The third-order valence-corrected chi connectivity index (χ3v) is 2.56. The number of hydrogen-bond donors (Lipinski definition) is 1. The topological polar surface area (TPSA) is 43.1 Å². The summed E-state index contributed by atoms with van der Waals surface area (Å²) in [7, 11) is 2.54. The van der Waals surface area contributed by atoms with E-state index in [9.17, 15) is 4.79 Å². The van der Waals surface area contributed by atoms with E-state index in [4.69, 9.17) is 17.3 Å². The van der Waals surface area contributed by atoms with Crippen LogP contribution >= 0.6 is 20.8 Å². The second-order valence-corrected chi connectivity index (χ2v) is 3.98. The van der Waals surface area contributed by atoms with Crippen molar-refractivity contribution in [3.63, 3.8) is 0 Å². The molecule has 13 heavy (non-hydrogen) atoms. The largest absolute Gasteiger partial charge is 0.398 e. The Morgan fingerprint density at radius 1 is 1.62 bits per heavy atom. The molecule has 0 aliphatic carbocycles. The molecule has 0 aromatic heterocycles. The summed E-state index contributed by atoms with van der Waals surface area (Å²) < 4.78 is 0. The van der Waals surface area contributed by atoms with Gasteiger partial charge in [-0.3, -0.25) is 4.79 Å². The van der Waals surface area contributed by atoms with E-state index in [1.165, 1.54) is 0 Å². The monoisotopic (exact) mass is 215 g/mol. The van der Waals surface area contributed by atoms with Gasteiger partial charge < -0.3 is 5.73 Å². The molecule has 4 heteroatoms. The number of Topliss-reactive ketones (excluding diaryl/α,β-unsaturated/α-hetero) is 1. The van der Waals surface area contributed by atoms with Crippen LogP contribution < -0.4 is 11.0 Å². The molecule has 0 radical (unpaired) electrons. The maximum atomic E-state index is 10.9. The van der Waals surface area contributed by atoms with Crippen LogP contribution in [0.4, 0.5) is 5.69 Å². The minimum atomic E-state index is 0.115. The third kappa shape index (κ3) is 2.68. The highest BCUT2D eigenvalue weighted by Gasteiger charge is 2.05. The lowest BCUT2D eigenvalue weighted by Crippen LogP contribution is -2.08. The minimum Gasteiger partial charge on any atom is -0.398 e. The molecule has 1 rings (SSSR count). The summed E-state index contributed by atoms with van der Waals surface area (Å²) in [6.45, 7) is 1.55. The molecule has 70 valence electrons. The summed E-state index contributed by atoms with van der Waals surface area (Å²) in [4.78, 5) is 10.9. The van der Waals surface area contributed by atoms with Crippen LogP contribution in [0.2, 0.25) is 5.02 Å². The number of nitrogen functional groups attached to an aromatic ring is 1. The van der Waals surface area contributed by atoms with Crippen LogP contribution in [-0.2, 0) is 11.2 Å². The Labute approximate surface area is 84.7 Å². The molecular weight excluding hydrogens is 205 g/mol. The first-order valence-electron chi connectivity index (χ1n) is 3.83. The van der Waals surface area contributed by atoms with E-state index in [0.717, 1.165) is 10.9 Å². The summed E-state index contributed by atoms with van der Waals surface area (Å²) in [6.07, 6.45) is 0.402. The zero-order valence-corrected chi connectivity index (χ0v) is 9.21. The summed E-state index contributed by atoms with van der Waals surface area (Å²) in [5.41, 5.74) is 7.04. The van der Waals surface area contributed by atoms with Gasteiger partial charge in [0.15, 0.2) is 0 Å². The number of hydrogen-bond acceptors (Lipinski definition) is 2. The maximum absolute atomic E-state index is 10.9. The maximum Gasteiger partial charge on any atom is 0.134 e. The van der Waals surface area contributed by atoms with Gasteiger partial charge in [0.05, 0.1) is 10.7 Å². The van der Waals surface area contributed by atoms with Crippen molar-refractivity contribution in [1.29, 1.82) is 0 Å². The Balaban J connectivity index is 3.08. The van der Waals surface area contributed by atoms with Crippen molar-refractivity contribution in [2.45, 2.75) is 13.3 Å². The highest BCUT2D eigenvalue weighted by molar-refractivity contribution is 7.27. The third-order valence-electron chi connectivity index (χ3n) is 1.70. The van der Waals surface area contributed by atoms with E-state index in [1.54, 1.807) is 19.1 Å². The van der Waals surface area contributed by atoms with Crippen molar-refractivity contribution in [1.82, 2.24) is 0 Å². The standard InChI is InChI=1S/C9H11ClNOP/c1-5(12)2-6-3-7(10)8(11)4-9(6)13/h3-4H,2,11,13H2,1H3. The molecule has 2 N–H and O–H groups in total. The molecule has 1 unspecified atom stereocenters. The zero-order valence-electron chi connectivity index (χ0n) is 7.30. The Kier molecular flexibility index (Phi) is 3.29. The fourth-order valence-corrected chi connectivity index (χ4v) is 1.62. The number of halogens is 1. The molecule has 0 aliphatic heterocycles. The predicted octanol–water partition coefficient (Wildman–Crippen LogP) is 1.55. The minimum absolute atomic E-state index is 0.115. The van der Waals surface area contributed by atoms with Crippen LogP contribution in [0.5, 0.6) is 0 Å². The number of nitrogens with two attached hydrogens (primary N) is 1. The van der Waals surface area contributed by atoms with Gasteiger partial charge in [0.25, 0.3) is 0 Å². The molecule has 0 fully saturated rings. The SMILES string of the molecule is CC(=O)Cc1cc(Cl)c(N)cc1P.